The van der Waals surface area contributed by atoms with Crippen molar-refractivity contribution < 1.29 is 13.9 Å². The molecule has 0 spiro atoms. The topological polar surface area (TPSA) is 75.0 Å². The van der Waals surface area contributed by atoms with Gasteiger partial charge in [-0.3, -0.25) is 4.79 Å². The molecule has 0 bridgehead atoms. The minimum atomic E-state index is -0.572. The van der Waals surface area contributed by atoms with Crippen molar-refractivity contribution >= 4 is 5.91 Å². The van der Waals surface area contributed by atoms with Crippen LogP contribution in [-0.2, 0) is 6.54 Å². The Morgan fingerprint density at radius 3 is 2.57 bits per heavy atom. The number of benzene rings is 1. The van der Waals surface area contributed by atoms with Crippen molar-refractivity contribution in [2.24, 2.45) is 0 Å². The number of aryl methyl sites for hydroxylation is 2. The molecule has 0 aliphatic heterocycles. The summed E-state index contributed by atoms with van der Waals surface area (Å²) in [5.74, 6) is -0.946. The number of hydrogen-bond acceptors (Lipinski definition) is 4. The van der Waals surface area contributed by atoms with Crippen LogP contribution in [0.3, 0.4) is 0 Å². The van der Waals surface area contributed by atoms with Crippen LogP contribution in [0.1, 0.15) is 32.7 Å². The van der Waals surface area contributed by atoms with Crippen LogP contribution in [0.4, 0.5) is 4.39 Å². The zero-order valence-corrected chi connectivity index (χ0v) is 13.1. The second-order valence-corrected chi connectivity index (χ2v) is 5.09. The van der Waals surface area contributed by atoms with Gasteiger partial charge in [0.05, 0.1) is 24.9 Å². The van der Waals surface area contributed by atoms with Gasteiger partial charge in [-0.15, -0.1) is 0 Å². The molecule has 2 aromatic rings. The highest BCUT2D eigenvalue weighted by Gasteiger charge is 2.15. The number of aromatic nitrogens is 1. The zero-order chi connectivity index (χ0) is 17.0. The van der Waals surface area contributed by atoms with Gasteiger partial charge in [0.15, 0.2) is 11.4 Å². The van der Waals surface area contributed by atoms with Crippen molar-refractivity contribution in [2.45, 2.75) is 20.4 Å². The highest BCUT2D eigenvalue weighted by molar-refractivity contribution is 5.94. The van der Waals surface area contributed by atoms with Gasteiger partial charge in [-0.1, -0.05) is 0 Å². The van der Waals surface area contributed by atoms with Gasteiger partial charge in [0.1, 0.15) is 5.82 Å². The average Bonchev–Trinajstić information content (AvgIpc) is 2.53. The maximum absolute atomic E-state index is 13.1. The fourth-order valence-corrected chi connectivity index (χ4v) is 2.34. The van der Waals surface area contributed by atoms with E-state index in [4.69, 9.17) is 10.00 Å². The number of nitriles is 1. The molecule has 0 saturated heterocycles. The molecule has 0 atom stereocenters. The summed E-state index contributed by atoms with van der Waals surface area (Å²) in [7, 11) is 1.35. The third kappa shape index (κ3) is 3.64. The van der Waals surface area contributed by atoms with E-state index >= 15 is 0 Å². The zero-order valence-electron chi connectivity index (χ0n) is 13.1. The Morgan fingerprint density at radius 2 is 2.00 bits per heavy atom. The number of carbonyl (C=O) groups is 1. The molecular weight excluding hydrogens is 297 g/mol. The van der Waals surface area contributed by atoms with E-state index in [0.29, 0.717) is 5.56 Å². The smallest absolute Gasteiger partial charge is 0.274 e. The van der Waals surface area contributed by atoms with Crippen LogP contribution in [0.15, 0.2) is 24.4 Å². The lowest BCUT2D eigenvalue weighted by Gasteiger charge is -2.12. The Hall–Kier alpha value is -2.94. The molecule has 0 radical (unpaired) electrons. The Morgan fingerprint density at radius 1 is 1.35 bits per heavy atom. The fourth-order valence-electron chi connectivity index (χ4n) is 2.34. The Bertz CT molecular complexity index is 774. The largest absolute Gasteiger partial charge is 0.494 e. The minimum Gasteiger partial charge on any atom is -0.494 e. The molecule has 1 amide bonds. The van der Waals surface area contributed by atoms with Gasteiger partial charge in [-0.2, -0.15) is 5.26 Å². The summed E-state index contributed by atoms with van der Waals surface area (Å²) in [6, 6.07) is 6.75. The number of ether oxygens (including phenoxy) is 1. The number of nitrogens with zero attached hydrogens (tertiary/aromatic N) is 2. The number of halogens is 1. The van der Waals surface area contributed by atoms with Crippen molar-refractivity contribution in [3.63, 3.8) is 0 Å². The molecule has 1 aromatic heterocycles. The fraction of sp³-hybridized carbons (Fsp3) is 0.235. The number of methoxy groups -OCH3 is 1. The van der Waals surface area contributed by atoms with E-state index in [1.807, 2.05) is 13.8 Å². The van der Waals surface area contributed by atoms with E-state index in [1.165, 1.54) is 7.11 Å². The molecule has 1 N–H and O–H groups in total. The molecule has 6 heteroatoms. The van der Waals surface area contributed by atoms with E-state index in [2.05, 4.69) is 16.4 Å². The van der Waals surface area contributed by atoms with Crippen molar-refractivity contribution in [3.05, 3.63) is 58.2 Å². The standard InChI is InChI=1S/C17H16FN3O2/c1-10-4-12(7-19)5-11(2)14(10)9-21-17(22)16-15(23-3)6-13(18)8-20-16/h4-6,8H,9H2,1-3H3,(H,21,22). The SMILES string of the molecule is COc1cc(F)cnc1C(=O)NCc1c(C)cc(C#N)cc1C. The van der Waals surface area contributed by atoms with E-state index in [1.54, 1.807) is 12.1 Å². The van der Waals surface area contributed by atoms with Gasteiger partial charge in [-0.25, -0.2) is 9.37 Å². The first-order valence-corrected chi connectivity index (χ1v) is 6.94. The molecule has 0 aliphatic rings. The molecular formula is C17H16FN3O2. The molecule has 1 heterocycles. The second-order valence-electron chi connectivity index (χ2n) is 5.09. The molecule has 1 aromatic carbocycles. The van der Waals surface area contributed by atoms with Gasteiger partial charge in [0.2, 0.25) is 0 Å². The molecule has 0 unspecified atom stereocenters. The molecule has 0 aliphatic carbocycles. The van der Waals surface area contributed by atoms with Crippen molar-refractivity contribution in [1.29, 1.82) is 5.26 Å². The molecule has 118 valence electrons. The van der Waals surface area contributed by atoms with Crippen LogP contribution < -0.4 is 10.1 Å². The van der Waals surface area contributed by atoms with Crippen LogP contribution in [0.2, 0.25) is 0 Å². The van der Waals surface area contributed by atoms with Gasteiger partial charge in [0, 0.05) is 12.6 Å². The predicted octanol–water partition coefficient (Wildman–Crippen LogP) is 2.65. The van der Waals surface area contributed by atoms with E-state index in [0.717, 1.165) is 29.0 Å². The minimum absolute atomic E-state index is 0.0258. The second kappa shape index (κ2) is 6.88. The third-order valence-electron chi connectivity index (χ3n) is 3.51. The van der Waals surface area contributed by atoms with Crippen LogP contribution in [0.5, 0.6) is 5.75 Å². The number of rotatable bonds is 4. The van der Waals surface area contributed by atoms with Crippen LogP contribution in [-0.4, -0.2) is 18.0 Å². The number of pyridine rings is 1. The van der Waals surface area contributed by atoms with Crippen LogP contribution in [0.25, 0.3) is 0 Å². The number of hydrogen-bond donors (Lipinski definition) is 1. The molecule has 2 rings (SSSR count). The number of carbonyl (C=O) groups excluding carboxylic acids is 1. The summed E-state index contributed by atoms with van der Waals surface area (Å²) in [4.78, 5) is 16.0. The Balaban J connectivity index is 2.19. The predicted molar refractivity (Wildman–Crippen MR) is 82.5 cm³/mol. The average molecular weight is 313 g/mol. The highest BCUT2D eigenvalue weighted by atomic mass is 19.1. The summed E-state index contributed by atoms with van der Waals surface area (Å²) in [6.45, 7) is 4.04. The van der Waals surface area contributed by atoms with Crippen molar-refractivity contribution in [2.75, 3.05) is 7.11 Å². The Kier molecular flexibility index (Phi) is 4.91. The first kappa shape index (κ1) is 16.4. The van der Waals surface area contributed by atoms with E-state index < -0.39 is 11.7 Å². The lowest BCUT2D eigenvalue weighted by atomic mass is 9.99. The lowest BCUT2D eigenvalue weighted by Crippen LogP contribution is -2.25. The first-order chi connectivity index (χ1) is 11.0. The maximum atomic E-state index is 13.1. The van der Waals surface area contributed by atoms with E-state index in [-0.39, 0.29) is 18.0 Å². The van der Waals surface area contributed by atoms with Crippen molar-refractivity contribution in [3.8, 4) is 11.8 Å². The maximum Gasteiger partial charge on any atom is 0.274 e. The molecule has 23 heavy (non-hydrogen) atoms. The monoisotopic (exact) mass is 313 g/mol. The van der Waals surface area contributed by atoms with E-state index in [9.17, 15) is 9.18 Å². The molecule has 5 nitrogen and oxygen atoms in total. The van der Waals surface area contributed by atoms with Gasteiger partial charge in [-0.05, 0) is 42.7 Å². The van der Waals surface area contributed by atoms with Gasteiger partial charge >= 0.3 is 0 Å². The summed E-state index contributed by atoms with van der Waals surface area (Å²) in [5, 5.41) is 11.7. The Labute approximate surface area is 133 Å². The number of amides is 1. The quantitative estimate of drug-likeness (QED) is 0.941. The van der Waals surface area contributed by atoms with Gasteiger partial charge < -0.3 is 10.1 Å². The summed E-state index contributed by atoms with van der Waals surface area (Å²) in [5.41, 5.74) is 3.37. The third-order valence-corrected chi connectivity index (χ3v) is 3.51. The summed E-state index contributed by atoms with van der Waals surface area (Å²) >= 11 is 0. The van der Waals surface area contributed by atoms with Crippen molar-refractivity contribution in [1.82, 2.24) is 10.3 Å². The summed E-state index contributed by atoms with van der Waals surface area (Å²) < 4.78 is 18.1. The van der Waals surface area contributed by atoms with Crippen LogP contribution >= 0.6 is 0 Å². The normalized spacial score (nSPS) is 10.0. The van der Waals surface area contributed by atoms with Gasteiger partial charge in [0.25, 0.3) is 5.91 Å². The first-order valence-electron chi connectivity index (χ1n) is 6.94. The molecule has 0 saturated carbocycles. The molecule has 0 fully saturated rings. The number of nitrogens with one attached hydrogen (secondary N) is 1. The van der Waals surface area contributed by atoms with Crippen LogP contribution in [0, 0.1) is 31.0 Å². The lowest BCUT2D eigenvalue weighted by molar-refractivity contribution is 0.0942. The summed E-state index contributed by atoms with van der Waals surface area (Å²) in [6.07, 6.45) is 0.968. The highest BCUT2D eigenvalue weighted by Crippen LogP contribution is 2.19.